The summed E-state index contributed by atoms with van der Waals surface area (Å²) >= 11 is 0. The van der Waals surface area contributed by atoms with E-state index in [1.54, 1.807) is 34.9 Å². The quantitative estimate of drug-likeness (QED) is 0.711. The van der Waals surface area contributed by atoms with E-state index in [1.807, 2.05) is 0 Å². The summed E-state index contributed by atoms with van der Waals surface area (Å²) in [6, 6.07) is -0.739. The number of carbonyl (C=O) groups is 3. The van der Waals surface area contributed by atoms with Gasteiger partial charge in [0.1, 0.15) is 12.0 Å². The lowest BCUT2D eigenvalue weighted by Gasteiger charge is -2.27. The van der Waals surface area contributed by atoms with Gasteiger partial charge in [0.2, 0.25) is 11.8 Å². The number of nitrogens with zero attached hydrogens (tertiary/aromatic N) is 1. The predicted octanol–water partition coefficient (Wildman–Crippen LogP) is 0.326. The SMILES string of the molecule is CC(NC(=O)C(C(=O)O)C(C)(C)C)C(=O)N(C)C. The van der Waals surface area contributed by atoms with Gasteiger partial charge in [-0.15, -0.1) is 0 Å². The van der Waals surface area contributed by atoms with Gasteiger partial charge in [0.25, 0.3) is 0 Å². The lowest BCUT2D eigenvalue weighted by atomic mass is 9.80. The molecule has 18 heavy (non-hydrogen) atoms. The van der Waals surface area contributed by atoms with Gasteiger partial charge in [-0.2, -0.15) is 0 Å². The van der Waals surface area contributed by atoms with Gasteiger partial charge in [0.15, 0.2) is 0 Å². The highest BCUT2D eigenvalue weighted by Gasteiger charge is 2.38. The highest BCUT2D eigenvalue weighted by Crippen LogP contribution is 2.26. The number of carboxylic acid groups (broad SMARTS) is 1. The third-order valence-electron chi connectivity index (χ3n) is 2.55. The van der Waals surface area contributed by atoms with Crippen LogP contribution in [0.25, 0.3) is 0 Å². The van der Waals surface area contributed by atoms with Crippen LogP contribution in [0.3, 0.4) is 0 Å². The molecule has 0 aliphatic rings. The Morgan fingerprint density at radius 1 is 1.17 bits per heavy atom. The van der Waals surface area contributed by atoms with Gasteiger partial charge in [-0.1, -0.05) is 20.8 Å². The van der Waals surface area contributed by atoms with Crippen LogP contribution in [0.4, 0.5) is 0 Å². The fourth-order valence-electron chi connectivity index (χ4n) is 1.62. The molecular weight excluding hydrogens is 236 g/mol. The molecule has 0 heterocycles. The van der Waals surface area contributed by atoms with Crippen LogP contribution in [-0.4, -0.2) is 47.9 Å². The van der Waals surface area contributed by atoms with Crippen molar-refractivity contribution < 1.29 is 19.5 Å². The molecule has 2 amide bonds. The van der Waals surface area contributed by atoms with E-state index >= 15 is 0 Å². The smallest absolute Gasteiger partial charge is 0.316 e. The van der Waals surface area contributed by atoms with Crippen molar-refractivity contribution in [3.05, 3.63) is 0 Å². The number of rotatable bonds is 4. The topological polar surface area (TPSA) is 86.7 Å². The summed E-state index contributed by atoms with van der Waals surface area (Å²) in [6.45, 7) is 6.54. The van der Waals surface area contributed by atoms with Crippen LogP contribution in [0.2, 0.25) is 0 Å². The Balaban J connectivity index is 4.84. The third-order valence-corrected chi connectivity index (χ3v) is 2.55. The molecule has 0 aromatic rings. The molecule has 2 N–H and O–H groups in total. The minimum Gasteiger partial charge on any atom is -0.481 e. The predicted molar refractivity (Wildman–Crippen MR) is 66.9 cm³/mol. The number of aliphatic carboxylic acids is 1. The first-order valence-corrected chi connectivity index (χ1v) is 5.72. The zero-order valence-electron chi connectivity index (χ0n) is 11.8. The number of carboxylic acids is 1. The van der Waals surface area contributed by atoms with E-state index < -0.39 is 29.3 Å². The molecule has 6 heteroatoms. The minimum atomic E-state index is -1.19. The van der Waals surface area contributed by atoms with E-state index in [0.29, 0.717) is 0 Å². The van der Waals surface area contributed by atoms with Crippen molar-refractivity contribution >= 4 is 17.8 Å². The summed E-state index contributed by atoms with van der Waals surface area (Å²) in [4.78, 5) is 36.0. The van der Waals surface area contributed by atoms with Crippen molar-refractivity contribution in [2.45, 2.75) is 33.7 Å². The average Bonchev–Trinajstić information content (AvgIpc) is 2.12. The highest BCUT2D eigenvalue weighted by molar-refractivity contribution is 5.99. The van der Waals surface area contributed by atoms with E-state index in [1.165, 1.54) is 11.8 Å². The van der Waals surface area contributed by atoms with Gasteiger partial charge in [-0.25, -0.2) is 0 Å². The second-order valence-electron chi connectivity index (χ2n) is 5.60. The maximum atomic E-state index is 11.9. The van der Waals surface area contributed by atoms with Crippen LogP contribution in [0.5, 0.6) is 0 Å². The Bertz CT molecular complexity index is 344. The molecule has 0 aromatic carbocycles. The third kappa shape index (κ3) is 4.35. The van der Waals surface area contributed by atoms with E-state index in [0.717, 1.165) is 0 Å². The van der Waals surface area contributed by atoms with E-state index in [-0.39, 0.29) is 5.91 Å². The number of likely N-dealkylation sites (N-methyl/N-ethyl adjacent to an activating group) is 1. The maximum absolute atomic E-state index is 11.9. The summed E-state index contributed by atoms with van der Waals surface area (Å²) in [5.41, 5.74) is -0.712. The normalized spacial score (nSPS) is 14.6. The van der Waals surface area contributed by atoms with Gasteiger partial charge in [-0.3, -0.25) is 14.4 Å². The van der Waals surface area contributed by atoms with Gasteiger partial charge in [-0.05, 0) is 12.3 Å². The van der Waals surface area contributed by atoms with Crippen LogP contribution in [-0.2, 0) is 14.4 Å². The molecule has 0 aromatic heterocycles. The molecule has 0 fully saturated rings. The lowest BCUT2D eigenvalue weighted by molar-refractivity contribution is -0.152. The number of amides is 2. The van der Waals surface area contributed by atoms with Crippen LogP contribution in [0.15, 0.2) is 0 Å². The van der Waals surface area contributed by atoms with Gasteiger partial charge in [0.05, 0.1) is 0 Å². The Morgan fingerprint density at radius 2 is 1.61 bits per heavy atom. The fraction of sp³-hybridized carbons (Fsp3) is 0.750. The Hall–Kier alpha value is -1.59. The molecule has 0 aliphatic carbocycles. The molecule has 0 bridgehead atoms. The Labute approximate surface area is 107 Å². The molecule has 0 radical (unpaired) electrons. The van der Waals surface area contributed by atoms with E-state index in [9.17, 15) is 14.4 Å². The highest BCUT2D eigenvalue weighted by atomic mass is 16.4. The molecule has 0 aliphatic heterocycles. The second kappa shape index (κ2) is 5.84. The minimum absolute atomic E-state index is 0.276. The zero-order chi connectivity index (χ0) is 14.7. The second-order valence-corrected chi connectivity index (χ2v) is 5.60. The van der Waals surface area contributed by atoms with Gasteiger partial charge < -0.3 is 15.3 Å². The molecule has 0 saturated heterocycles. The lowest BCUT2D eigenvalue weighted by Crippen LogP contribution is -2.50. The van der Waals surface area contributed by atoms with Crippen molar-refractivity contribution in [3.63, 3.8) is 0 Å². The number of carbonyl (C=O) groups excluding carboxylic acids is 2. The summed E-state index contributed by atoms with van der Waals surface area (Å²) in [5.74, 6) is -3.29. The molecule has 0 spiro atoms. The average molecular weight is 258 g/mol. The first-order chi connectivity index (χ1) is 7.98. The van der Waals surface area contributed by atoms with Crippen LogP contribution in [0, 0.1) is 11.3 Å². The van der Waals surface area contributed by atoms with E-state index in [2.05, 4.69) is 5.32 Å². The van der Waals surface area contributed by atoms with Crippen molar-refractivity contribution in [2.24, 2.45) is 11.3 Å². The van der Waals surface area contributed by atoms with Crippen molar-refractivity contribution in [2.75, 3.05) is 14.1 Å². The molecule has 6 nitrogen and oxygen atoms in total. The largest absolute Gasteiger partial charge is 0.481 e. The first kappa shape index (κ1) is 16.4. The van der Waals surface area contributed by atoms with Gasteiger partial charge >= 0.3 is 5.97 Å². The standard InChI is InChI=1S/C12H22N2O4/c1-7(10(16)14(5)6)13-9(15)8(11(17)18)12(2,3)4/h7-8H,1-6H3,(H,13,15)(H,17,18). The summed E-state index contributed by atoms with van der Waals surface area (Å²) < 4.78 is 0. The van der Waals surface area contributed by atoms with Gasteiger partial charge in [0, 0.05) is 14.1 Å². The van der Waals surface area contributed by atoms with Crippen LogP contribution in [0.1, 0.15) is 27.7 Å². The summed E-state index contributed by atoms with van der Waals surface area (Å²) in [6.07, 6.45) is 0. The molecule has 2 atom stereocenters. The monoisotopic (exact) mass is 258 g/mol. The summed E-state index contributed by atoms with van der Waals surface area (Å²) in [7, 11) is 3.15. The molecule has 2 unspecified atom stereocenters. The van der Waals surface area contributed by atoms with E-state index in [4.69, 9.17) is 5.11 Å². The number of hydrogen-bond donors (Lipinski definition) is 2. The van der Waals surface area contributed by atoms with Crippen molar-refractivity contribution in [3.8, 4) is 0 Å². The van der Waals surface area contributed by atoms with Crippen LogP contribution >= 0.6 is 0 Å². The molecule has 0 saturated carbocycles. The van der Waals surface area contributed by atoms with Crippen molar-refractivity contribution in [1.29, 1.82) is 0 Å². The Kier molecular flexibility index (Phi) is 5.32. The fourth-order valence-corrected chi connectivity index (χ4v) is 1.62. The summed E-state index contributed by atoms with van der Waals surface area (Å²) in [5, 5.41) is 11.5. The number of nitrogens with one attached hydrogen (secondary N) is 1. The molecular formula is C12H22N2O4. The van der Waals surface area contributed by atoms with Crippen molar-refractivity contribution in [1.82, 2.24) is 10.2 Å². The first-order valence-electron chi connectivity index (χ1n) is 5.72. The Morgan fingerprint density at radius 3 is 1.89 bits per heavy atom. The molecule has 104 valence electrons. The molecule has 0 rings (SSSR count). The zero-order valence-corrected chi connectivity index (χ0v) is 11.8. The van der Waals surface area contributed by atoms with Crippen LogP contribution < -0.4 is 5.32 Å². The maximum Gasteiger partial charge on any atom is 0.316 e. The number of hydrogen-bond acceptors (Lipinski definition) is 3.